The number of carbonyl (C=O) groups is 2. The Morgan fingerprint density at radius 2 is 1.83 bits per heavy atom. The summed E-state index contributed by atoms with van der Waals surface area (Å²) in [6, 6.07) is 8.54. The number of amides is 2. The molecule has 1 rings (SSSR count). The summed E-state index contributed by atoms with van der Waals surface area (Å²) in [4.78, 5) is 22.2. The monoisotopic (exact) mass is 249 g/mol. The van der Waals surface area contributed by atoms with Crippen LogP contribution >= 0.6 is 0 Å². The van der Waals surface area contributed by atoms with Crippen molar-refractivity contribution in [2.45, 2.75) is 25.3 Å². The summed E-state index contributed by atoms with van der Waals surface area (Å²) in [7, 11) is 0. The van der Waals surface area contributed by atoms with E-state index in [1.807, 2.05) is 30.3 Å². The van der Waals surface area contributed by atoms with Gasteiger partial charge < -0.3 is 16.8 Å². The van der Waals surface area contributed by atoms with Crippen molar-refractivity contribution in [1.82, 2.24) is 5.32 Å². The van der Waals surface area contributed by atoms with E-state index in [1.165, 1.54) is 0 Å². The largest absolute Gasteiger partial charge is 0.370 e. The number of unbranched alkanes of at least 4 members (excludes halogenated alkanes) is 1. The van der Waals surface area contributed by atoms with Crippen LogP contribution in [0.3, 0.4) is 0 Å². The van der Waals surface area contributed by atoms with Crippen molar-refractivity contribution in [3.8, 4) is 0 Å². The van der Waals surface area contributed by atoms with Crippen LogP contribution in [-0.4, -0.2) is 18.4 Å². The minimum Gasteiger partial charge on any atom is -0.370 e. The molecule has 5 nitrogen and oxygen atoms in total. The fraction of sp³-hybridized carbons (Fsp3) is 0.385. The van der Waals surface area contributed by atoms with Gasteiger partial charge in [0.15, 0.2) is 0 Å². The molecular weight excluding hydrogens is 230 g/mol. The summed E-state index contributed by atoms with van der Waals surface area (Å²) in [5.41, 5.74) is 11.6. The van der Waals surface area contributed by atoms with Crippen molar-refractivity contribution < 1.29 is 9.59 Å². The molecule has 0 heterocycles. The first-order valence-corrected chi connectivity index (χ1v) is 5.98. The first-order valence-electron chi connectivity index (χ1n) is 5.98. The van der Waals surface area contributed by atoms with Gasteiger partial charge in [-0.3, -0.25) is 9.59 Å². The Labute approximate surface area is 107 Å². The molecule has 1 aromatic carbocycles. The number of rotatable bonds is 7. The second-order valence-corrected chi connectivity index (χ2v) is 4.10. The Morgan fingerprint density at radius 1 is 1.17 bits per heavy atom. The van der Waals surface area contributed by atoms with Crippen LogP contribution < -0.4 is 16.8 Å². The molecule has 0 unspecified atom stereocenters. The summed E-state index contributed by atoms with van der Waals surface area (Å²) < 4.78 is 0. The van der Waals surface area contributed by atoms with Gasteiger partial charge in [-0.15, -0.1) is 0 Å². The van der Waals surface area contributed by atoms with Crippen LogP contribution in [0.5, 0.6) is 0 Å². The summed E-state index contributed by atoms with van der Waals surface area (Å²) >= 11 is 0. The summed E-state index contributed by atoms with van der Waals surface area (Å²) in [6.45, 7) is 0.507. The van der Waals surface area contributed by atoms with E-state index in [0.29, 0.717) is 19.4 Å². The zero-order valence-electron chi connectivity index (χ0n) is 10.3. The highest BCUT2D eigenvalue weighted by Gasteiger charge is 2.14. The SMILES string of the molecule is NC(=O)CCCCNC(=O)[C@@H](N)c1ccccc1. The van der Waals surface area contributed by atoms with Crippen molar-refractivity contribution in [2.24, 2.45) is 11.5 Å². The number of primary amides is 1. The van der Waals surface area contributed by atoms with Gasteiger partial charge in [0, 0.05) is 13.0 Å². The average Bonchev–Trinajstić information content (AvgIpc) is 2.38. The third kappa shape index (κ3) is 4.97. The molecule has 0 aliphatic rings. The number of hydrogen-bond acceptors (Lipinski definition) is 3. The number of nitrogens with one attached hydrogen (secondary N) is 1. The fourth-order valence-corrected chi connectivity index (χ4v) is 1.56. The molecule has 0 fully saturated rings. The smallest absolute Gasteiger partial charge is 0.241 e. The van der Waals surface area contributed by atoms with Crippen LogP contribution in [0.15, 0.2) is 30.3 Å². The molecule has 5 heteroatoms. The second-order valence-electron chi connectivity index (χ2n) is 4.10. The first kappa shape index (κ1) is 14.2. The van der Waals surface area contributed by atoms with Crippen LogP contribution in [0.2, 0.25) is 0 Å². The molecule has 0 aliphatic carbocycles. The molecule has 0 aliphatic heterocycles. The normalized spacial score (nSPS) is 11.8. The van der Waals surface area contributed by atoms with Crippen LogP contribution in [0.25, 0.3) is 0 Å². The van der Waals surface area contributed by atoms with Gasteiger partial charge in [-0.2, -0.15) is 0 Å². The lowest BCUT2D eigenvalue weighted by Crippen LogP contribution is -2.34. The van der Waals surface area contributed by atoms with Crippen molar-refractivity contribution in [1.29, 1.82) is 0 Å². The minimum absolute atomic E-state index is 0.208. The van der Waals surface area contributed by atoms with Gasteiger partial charge in [0.05, 0.1) is 0 Å². The Morgan fingerprint density at radius 3 is 2.44 bits per heavy atom. The lowest BCUT2D eigenvalue weighted by atomic mass is 10.1. The molecule has 0 radical (unpaired) electrons. The molecule has 5 N–H and O–H groups in total. The maximum absolute atomic E-state index is 11.7. The summed E-state index contributed by atoms with van der Waals surface area (Å²) in [6.07, 6.45) is 1.74. The molecule has 1 aromatic rings. The summed E-state index contributed by atoms with van der Waals surface area (Å²) in [5.74, 6) is -0.525. The highest BCUT2D eigenvalue weighted by Crippen LogP contribution is 2.09. The van der Waals surface area contributed by atoms with E-state index < -0.39 is 6.04 Å². The number of hydrogen-bond donors (Lipinski definition) is 3. The minimum atomic E-state index is -0.651. The quantitative estimate of drug-likeness (QED) is 0.612. The van der Waals surface area contributed by atoms with Crippen LogP contribution in [-0.2, 0) is 9.59 Å². The van der Waals surface area contributed by atoms with E-state index in [2.05, 4.69) is 5.32 Å². The molecule has 0 saturated heterocycles. The van der Waals surface area contributed by atoms with E-state index in [0.717, 1.165) is 12.0 Å². The van der Waals surface area contributed by atoms with Crippen LogP contribution in [0.1, 0.15) is 30.9 Å². The van der Waals surface area contributed by atoms with E-state index >= 15 is 0 Å². The molecule has 0 saturated carbocycles. The van der Waals surface area contributed by atoms with E-state index in [4.69, 9.17) is 11.5 Å². The zero-order chi connectivity index (χ0) is 13.4. The topological polar surface area (TPSA) is 98.2 Å². The van der Waals surface area contributed by atoms with Gasteiger partial charge >= 0.3 is 0 Å². The fourth-order valence-electron chi connectivity index (χ4n) is 1.56. The molecule has 18 heavy (non-hydrogen) atoms. The third-order valence-corrected chi connectivity index (χ3v) is 2.59. The van der Waals surface area contributed by atoms with Gasteiger partial charge in [0.1, 0.15) is 6.04 Å². The molecule has 0 spiro atoms. The van der Waals surface area contributed by atoms with Gasteiger partial charge in [-0.25, -0.2) is 0 Å². The Hall–Kier alpha value is -1.88. The molecule has 0 bridgehead atoms. The number of nitrogens with two attached hydrogens (primary N) is 2. The number of benzene rings is 1. The zero-order valence-corrected chi connectivity index (χ0v) is 10.3. The highest BCUT2D eigenvalue weighted by molar-refractivity contribution is 5.82. The van der Waals surface area contributed by atoms with E-state index in [-0.39, 0.29) is 11.8 Å². The van der Waals surface area contributed by atoms with Crippen molar-refractivity contribution in [2.75, 3.05) is 6.54 Å². The maximum atomic E-state index is 11.7. The van der Waals surface area contributed by atoms with Gasteiger partial charge in [0.2, 0.25) is 11.8 Å². The molecule has 98 valence electrons. The highest BCUT2D eigenvalue weighted by atomic mass is 16.2. The van der Waals surface area contributed by atoms with Crippen molar-refractivity contribution in [3.63, 3.8) is 0 Å². The summed E-state index contributed by atoms with van der Waals surface area (Å²) in [5, 5.41) is 2.74. The first-order chi connectivity index (χ1) is 8.61. The van der Waals surface area contributed by atoms with Crippen molar-refractivity contribution in [3.05, 3.63) is 35.9 Å². The van der Waals surface area contributed by atoms with E-state index in [1.54, 1.807) is 0 Å². The molecule has 2 amide bonds. The maximum Gasteiger partial charge on any atom is 0.241 e. The van der Waals surface area contributed by atoms with E-state index in [9.17, 15) is 9.59 Å². The van der Waals surface area contributed by atoms with Gasteiger partial charge in [0.25, 0.3) is 0 Å². The van der Waals surface area contributed by atoms with Crippen LogP contribution in [0, 0.1) is 0 Å². The van der Waals surface area contributed by atoms with Crippen LogP contribution in [0.4, 0.5) is 0 Å². The standard InChI is InChI=1S/C13H19N3O2/c14-11(17)8-4-5-9-16-13(18)12(15)10-6-2-1-3-7-10/h1-3,6-7,12H,4-5,8-9,15H2,(H2,14,17)(H,16,18)/t12-/m0/s1. The predicted molar refractivity (Wildman–Crippen MR) is 69.4 cm³/mol. The van der Waals surface area contributed by atoms with Gasteiger partial charge in [-0.1, -0.05) is 30.3 Å². The lowest BCUT2D eigenvalue weighted by Gasteiger charge is -2.12. The van der Waals surface area contributed by atoms with Crippen molar-refractivity contribution >= 4 is 11.8 Å². The molecule has 0 aromatic heterocycles. The third-order valence-electron chi connectivity index (χ3n) is 2.59. The number of carbonyl (C=O) groups excluding carboxylic acids is 2. The molecular formula is C13H19N3O2. The Kier molecular flexibility index (Phi) is 5.87. The molecule has 1 atom stereocenters. The average molecular weight is 249 g/mol. The Bertz CT molecular complexity index is 392. The lowest BCUT2D eigenvalue weighted by molar-refractivity contribution is -0.122. The van der Waals surface area contributed by atoms with Gasteiger partial charge in [-0.05, 0) is 18.4 Å². The predicted octanol–water partition coefficient (Wildman–Crippen LogP) is 0.458. The Balaban J connectivity index is 2.26. The second kappa shape index (κ2) is 7.45.